The highest BCUT2D eigenvalue weighted by atomic mass is 32.2. The van der Waals surface area contributed by atoms with E-state index in [2.05, 4.69) is 15.3 Å². The summed E-state index contributed by atoms with van der Waals surface area (Å²) in [5, 5.41) is 14.9. The number of nitro groups is 1. The summed E-state index contributed by atoms with van der Waals surface area (Å²) >= 11 is 1.59. The molecule has 0 radical (unpaired) electrons. The van der Waals surface area contributed by atoms with Gasteiger partial charge in [-0.1, -0.05) is 11.8 Å². The number of hydrogen-bond acceptors (Lipinski definition) is 6. The summed E-state index contributed by atoms with van der Waals surface area (Å²) in [6.07, 6.45) is 2.37. The standard InChI is InChI=1S/C10H15N5O2S/c1-8-13-7-9(15(16)17)14(8)5-6-18-10-11-3-2-4-12-10/h7H,2-6H2,1H3,(H,11,12). The molecule has 1 N–H and O–H groups in total. The highest BCUT2D eigenvalue weighted by Crippen LogP contribution is 2.15. The quantitative estimate of drug-likeness (QED) is 0.655. The van der Waals surface area contributed by atoms with Gasteiger partial charge in [-0.3, -0.25) is 4.99 Å². The van der Waals surface area contributed by atoms with E-state index in [0.29, 0.717) is 12.4 Å². The van der Waals surface area contributed by atoms with E-state index in [9.17, 15) is 10.1 Å². The van der Waals surface area contributed by atoms with Crippen molar-refractivity contribution in [2.24, 2.45) is 4.99 Å². The first-order chi connectivity index (χ1) is 8.68. The van der Waals surface area contributed by atoms with Gasteiger partial charge in [-0.05, 0) is 11.3 Å². The zero-order chi connectivity index (χ0) is 13.0. The van der Waals surface area contributed by atoms with Crippen molar-refractivity contribution in [1.82, 2.24) is 14.9 Å². The van der Waals surface area contributed by atoms with Crippen molar-refractivity contribution in [3.8, 4) is 0 Å². The molecule has 0 aliphatic carbocycles. The highest BCUT2D eigenvalue weighted by Gasteiger charge is 2.17. The number of thioether (sulfide) groups is 1. The van der Waals surface area contributed by atoms with Gasteiger partial charge in [0.1, 0.15) is 12.7 Å². The predicted octanol–water partition coefficient (Wildman–Crippen LogP) is 1.18. The molecule has 0 aromatic carbocycles. The number of nitrogens with one attached hydrogen (secondary N) is 1. The average Bonchev–Trinajstić information content (AvgIpc) is 2.73. The molecule has 1 aliphatic heterocycles. The molecule has 1 aromatic rings. The molecule has 2 rings (SSSR count). The number of aliphatic imine (C=N–C) groups is 1. The number of nitrogens with zero attached hydrogens (tertiary/aromatic N) is 4. The predicted molar refractivity (Wildman–Crippen MR) is 71.0 cm³/mol. The van der Waals surface area contributed by atoms with Crippen LogP contribution in [0.25, 0.3) is 0 Å². The van der Waals surface area contributed by atoms with E-state index in [1.807, 2.05) is 0 Å². The third-order valence-electron chi connectivity index (χ3n) is 2.64. The molecule has 18 heavy (non-hydrogen) atoms. The molecule has 0 bridgehead atoms. The Kier molecular flexibility index (Phi) is 4.19. The largest absolute Gasteiger partial charge is 0.365 e. The van der Waals surface area contributed by atoms with Crippen LogP contribution in [0.2, 0.25) is 0 Å². The maximum absolute atomic E-state index is 10.8. The van der Waals surface area contributed by atoms with Crippen molar-refractivity contribution in [2.75, 3.05) is 18.8 Å². The Balaban J connectivity index is 1.91. The molecule has 0 fully saturated rings. The van der Waals surface area contributed by atoms with Crippen molar-refractivity contribution in [2.45, 2.75) is 19.9 Å². The third-order valence-corrected chi connectivity index (χ3v) is 3.57. The number of hydrogen-bond donors (Lipinski definition) is 1. The Morgan fingerprint density at radius 2 is 2.50 bits per heavy atom. The first-order valence-corrected chi connectivity index (χ1v) is 6.74. The van der Waals surface area contributed by atoms with Crippen LogP contribution in [0.3, 0.4) is 0 Å². The molecule has 1 aromatic heterocycles. The molecule has 7 nitrogen and oxygen atoms in total. The van der Waals surface area contributed by atoms with Crippen LogP contribution in [0.4, 0.5) is 5.82 Å². The Bertz CT molecular complexity index is 471. The maximum atomic E-state index is 10.8. The van der Waals surface area contributed by atoms with Crippen LogP contribution in [0.5, 0.6) is 0 Å². The second kappa shape index (κ2) is 5.85. The maximum Gasteiger partial charge on any atom is 0.342 e. The van der Waals surface area contributed by atoms with Gasteiger partial charge in [0.15, 0.2) is 11.0 Å². The molecule has 2 heterocycles. The normalized spacial score (nSPS) is 15.1. The van der Waals surface area contributed by atoms with Crippen LogP contribution in [-0.2, 0) is 6.54 Å². The van der Waals surface area contributed by atoms with Crippen LogP contribution in [0, 0.1) is 17.0 Å². The van der Waals surface area contributed by atoms with Gasteiger partial charge in [-0.15, -0.1) is 0 Å². The second-order valence-electron chi connectivity index (χ2n) is 3.89. The van der Waals surface area contributed by atoms with E-state index >= 15 is 0 Å². The van der Waals surface area contributed by atoms with Crippen molar-refractivity contribution in [3.63, 3.8) is 0 Å². The monoisotopic (exact) mass is 269 g/mol. The van der Waals surface area contributed by atoms with Gasteiger partial charge in [-0.2, -0.15) is 0 Å². The summed E-state index contributed by atoms with van der Waals surface area (Å²) in [4.78, 5) is 18.7. The molecule has 0 atom stereocenters. The molecule has 8 heteroatoms. The van der Waals surface area contributed by atoms with Gasteiger partial charge in [-0.25, -0.2) is 9.55 Å². The lowest BCUT2D eigenvalue weighted by Crippen LogP contribution is -2.27. The summed E-state index contributed by atoms with van der Waals surface area (Å²) in [6.45, 7) is 4.15. The number of aromatic nitrogens is 2. The molecule has 98 valence electrons. The van der Waals surface area contributed by atoms with Gasteiger partial charge < -0.3 is 15.4 Å². The van der Waals surface area contributed by atoms with Crippen LogP contribution >= 0.6 is 11.8 Å². The summed E-state index contributed by atoms with van der Waals surface area (Å²) < 4.78 is 1.62. The SMILES string of the molecule is Cc1ncc([N+](=O)[O-])n1CCSC1=NCCCN1. The second-order valence-corrected chi connectivity index (χ2v) is 4.97. The van der Waals surface area contributed by atoms with E-state index in [-0.39, 0.29) is 5.82 Å². The first-order valence-electron chi connectivity index (χ1n) is 5.76. The Hall–Kier alpha value is -1.57. The fourth-order valence-corrected chi connectivity index (χ4v) is 2.57. The van der Waals surface area contributed by atoms with Gasteiger partial charge >= 0.3 is 5.82 Å². The lowest BCUT2D eigenvalue weighted by Gasteiger charge is -2.13. The van der Waals surface area contributed by atoms with Gasteiger partial charge in [0.25, 0.3) is 0 Å². The van der Waals surface area contributed by atoms with Crippen molar-refractivity contribution < 1.29 is 4.92 Å². The Morgan fingerprint density at radius 1 is 1.67 bits per heavy atom. The molecule has 0 amide bonds. The number of rotatable bonds is 4. The number of amidine groups is 1. The first kappa shape index (κ1) is 12.9. The molecule has 0 unspecified atom stereocenters. The average molecular weight is 269 g/mol. The summed E-state index contributed by atoms with van der Waals surface area (Å²) in [7, 11) is 0. The van der Waals surface area contributed by atoms with E-state index in [0.717, 1.165) is 30.4 Å². The van der Waals surface area contributed by atoms with Crippen molar-refractivity contribution >= 4 is 22.7 Å². The van der Waals surface area contributed by atoms with Crippen LogP contribution in [0.1, 0.15) is 12.2 Å². The van der Waals surface area contributed by atoms with E-state index in [1.165, 1.54) is 6.20 Å². The third kappa shape index (κ3) is 3.00. The minimum absolute atomic E-state index is 0.0478. The van der Waals surface area contributed by atoms with Gasteiger partial charge in [0, 0.05) is 25.8 Å². The zero-order valence-electron chi connectivity index (χ0n) is 10.1. The van der Waals surface area contributed by atoms with E-state index in [4.69, 9.17) is 0 Å². The fraction of sp³-hybridized carbons (Fsp3) is 0.600. The summed E-state index contributed by atoms with van der Waals surface area (Å²) in [5.41, 5.74) is 0. The lowest BCUT2D eigenvalue weighted by molar-refractivity contribution is -0.392. The van der Waals surface area contributed by atoms with Crippen LogP contribution in [-0.4, -0.2) is 38.5 Å². The summed E-state index contributed by atoms with van der Waals surface area (Å²) in [6, 6.07) is 0. The molecule has 0 saturated carbocycles. The highest BCUT2D eigenvalue weighted by molar-refractivity contribution is 8.13. The summed E-state index contributed by atoms with van der Waals surface area (Å²) in [5.74, 6) is 1.46. The molecular weight excluding hydrogens is 254 g/mol. The van der Waals surface area contributed by atoms with Gasteiger partial charge in [0.2, 0.25) is 0 Å². The van der Waals surface area contributed by atoms with E-state index < -0.39 is 4.92 Å². The topological polar surface area (TPSA) is 85.3 Å². The lowest BCUT2D eigenvalue weighted by atomic mass is 10.4. The number of imidazole rings is 1. The van der Waals surface area contributed by atoms with Crippen LogP contribution < -0.4 is 5.32 Å². The van der Waals surface area contributed by atoms with Crippen molar-refractivity contribution in [3.05, 3.63) is 22.1 Å². The smallest absolute Gasteiger partial charge is 0.342 e. The molecule has 0 saturated heterocycles. The van der Waals surface area contributed by atoms with E-state index in [1.54, 1.807) is 23.3 Å². The zero-order valence-corrected chi connectivity index (χ0v) is 10.9. The minimum Gasteiger partial charge on any atom is -0.365 e. The Labute approximate surface area is 109 Å². The van der Waals surface area contributed by atoms with Gasteiger partial charge in [0.05, 0.1) is 0 Å². The Morgan fingerprint density at radius 3 is 3.17 bits per heavy atom. The van der Waals surface area contributed by atoms with Crippen LogP contribution in [0.15, 0.2) is 11.2 Å². The molecular formula is C10H15N5O2S. The number of aryl methyl sites for hydroxylation is 1. The fourth-order valence-electron chi connectivity index (χ4n) is 1.72. The van der Waals surface area contributed by atoms with Crippen molar-refractivity contribution in [1.29, 1.82) is 0 Å². The minimum atomic E-state index is -0.402. The molecule has 1 aliphatic rings. The molecule has 0 spiro atoms.